The lowest BCUT2D eigenvalue weighted by molar-refractivity contribution is 0.0517. The fourth-order valence-electron chi connectivity index (χ4n) is 2.82. The van der Waals surface area contributed by atoms with Gasteiger partial charge in [0, 0.05) is 12.6 Å². The Morgan fingerprint density at radius 1 is 1.14 bits per heavy atom. The molecule has 3 rings (SSSR count). The van der Waals surface area contributed by atoms with Crippen LogP contribution in [0.15, 0.2) is 12.1 Å². The zero-order valence-electron chi connectivity index (χ0n) is 12.6. The van der Waals surface area contributed by atoms with Gasteiger partial charge in [-0.3, -0.25) is 19.4 Å². The molecule has 4 nitrogen and oxygen atoms in total. The minimum Gasteiger partial charge on any atom is -0.282 e. The Kier molecular flexibility index (Phi) is 4.19. The molecule has 0 saturated heterocycles. The van der Waals surface area contributed by atoms with Gasteiger partial charge in [-0.2, -0.15) is 0 Å². The third kappa shape index (κ3) is 2.87. The first-order chi connectivity index (χ1) is 10.4. The molecule has 2 amide bonds. The van der Waals surface area contributed by atoms with Gasteiger partial charge < -0.3 is 0 Å². The Balaban J connectivity index is 1.84. The Morgan fingerprint density at radius 2 is 1.64 bits per heavy atom. The maximum atomic E-state index is 12.5. The lowest BCUT2D eigenvalue weighted by Gasteiger charge is -2.28. The molecular weight excluding hydrogens is 323 g/mol. The van der Waals surface area contributed by atoms with Gasteiger partial charge in [-0.25, -0.2) is 0 Å². The van der Waals surface area contributed by atoms with Gasteiger partial charge in [0.05, 0.1) is 27.8 Å². The standard InChI is InChI=1S/C16H18Cl2N2O2/c1-9(2)7-19(10-3-4-10)8-20-15(21)11-5-13(17)14(18)6-12(11)16(20)22/h5-6,9-10H,3-4,7-8H2,1-2H3. The summed E-state index contributed by atoms with van der Waals surface area (Å²) in [6.45, 7) is 5.48. The molecule has 6 heteroatoms. The van der Waals surface area contributed by atoms with Gasteiger partial charge in [0.25, 0.3) is 11.8 Å². The third-order valence-corrected chi connectivity index (χ3v) is 4.72. The van der Waals surface area contributed by atoms with Crippen molar-refractivity contribution in [1.82, 2.24) is 9.80 Å². The Hall–Kier alpha value is -1.10. The molecule has 2 aliphatic rings. The van der Waals surface area contributed by atoms with E-state index in [9.17, 15) is 9.59 Å². The molecule has 0 atom stereocenters. The number of amides is 2. The van der Waals surface area contributed by atoms with Crippen LogP contribution in [0.25, 0.3) is 0 Å². The van der Waals surface area contributed by atoms with Crippen LogP contribution in [0, 0.1) is 5.92 Å². The summed E-state index contributed by atoms with van der Waals surface area (Å²) in [5, 5.41) is 0.592. The topological polar surface area (TPSA) is 40.6 Å². The third-order valence-electron chi connectivity index (χ3n) is 4.00. The molecular formula is C16H18Cl2N2O2. The van der Waals surface area contributed by atoms with Gasteiger partial charge in [-0.1, -0.05) is 37.0 Å². The minimum absolute atomic E-state index is 0.284. The summed E-state index contributed by atoms with van der Waals surface area (Å²) in [5.41, 5.74) is 0.694. The van der Waals surface area contributed by atoms with Crippen molar-refractivity contribution in [2.45, 2.75) is 32.7 Å². The normalized spacial score (nSPS) is 17.8. The maximum absolute atomic E-state index is 12.5. The summed E-state index contributed by atoms with van der Waals surface area (Å²) >= 11 is 11.9. The first kappa shape index (κ1) is 15.8. The zero-order valence-corrected chi connectivity index (χ0v) is 14.1. The van der Waals surface area contributed by atoms with E-state index in [4.69, 9.17) is 23.2 Å². The van der Waals surface area contributed by atoms with Crippen LogP contribution in [-0.2, 0) is 0 Å². The molecule has 0 aromatic heterocycles. The van der Waals surface area contributed by atoms with Crippen molar-refractivity contribution in [1.29, 1.82) is 0 Å². The van der Waals surface area contributed by atoms with Gasteiger partial charge in [0.2, 0.25) is 0 Å². The Bertz CT molecular complexity index is 600. The zero-order chi connectivity index (χ0) is 16.0. The number of halogens is 2. The van der Waals surface area contributed by atoms with E-state index in [0.717, 1.165) is 19.4 Å². The molecule has 1 aromatic rings. The highest BCUT2D eigenvalue weighted by atomic mass is 35.5. The molecule has 1 aliphatic heterocycles. The van der Waals surface area contributed by atoms with Crippen molar-refractivity contribution < 1.29 is 9.59 Å². The van der Waals surface area contributed by atoms with Crippen molar-refractivity contribution >= 4 is 35.0 Å². The summed E-state index contributed by atoms with van der Waals surface area (Å²) in [5.74, 6) is -0.0828. The molecule has 0 N–H and O–H groups in total. The Morgan fingerprint density at radius 3 is 2.05 bits per heavy atom. The van der Waals surface area contributed by atoms with E-state index in [0.29, 0.717) is 39.8 Å². The van der Waals surface area contributed by atoms with E-state index >= 15 is 0 Å². The highest BCUT2D eigenvalue weighted by Gasteiger charge is 2.39. The summed E-state index contributed by atoms with van der Waals surface area (Å²) in [7, 11) is 0. The van der Waals surface area contributed by atoms with E-state index < -0.39 is 0 Å². The number of rotatable bonds is 5. The van der Waals surface area contributed by atoms with E-state index in [1.54, 1.807) is 0 Å². The van der Waals surface area contributed by atoms with Crippen molar-refractivity contribution in [3.63, 3.8) is 0 Å². The number of benzene rings is 1. The number of hydrogen-bond donors (Lipinski definition) is 0. The molecule has 1 fully saturated rings. The summed E-state index contributed by atoms with van der Waals surface area (Å²) in [6, 6.07) is 3.46. The second kappa shape index (κ2) is 5.84. The van der Waals surface area contributed by atoms with Crippen LogP contribution in [0.1, 0.15) is 47.4 Å². The van der Waals surface area contributed by atoms with Crippen LogP contribution in [0.2, 0.25) is 10.0 Å². The van der Waals surface area contributed by atoms with Crippen LogP contribution < -0.4 is 0 Å². The summed E-state index contributed by atoms with van der Waals surface area (Å²) in [6.07, 6.45) is 2.26. The molecule has 1 aromatic carbocycles. The van der Waals surface area contributed by atoms with Crippen molar-refractivity contribution in [2.75, 3.05) is 13.2 Å². The lowest BCUT2D eigenvalue weighted by Crippen LogP contribution is -2.43. The molecule has 1 heterocycles. The molecule has 0 spiro atoms. The van der Waals surface area contributed by atoms with Crippen LogP contribution >= 0.6 is 23.2 Å². The average Bonchev–Trinajstić information content (AvgIpc) is 3.25. The first-order valence-corrected chi connectivity index (χ1v) is 8.23. The fraction of sp³-hybridized carbons (Fsp3) is 0.500. The van der Waals surface area contributed by atoms with Gasteiger partial charge in [-0.05, 0) is 30.9 Å². The van der Waals surface area contributed by atoms with Crippen molar-refractivity contribution in [3.05, 3.63) is 33.3 Å². The minimum atomic E-state index is -0.284. The number of nitrogens with zero attached hydrogens (tertiary/aromatic N) is 2. The second-order valence-electron chi connectivity index (χ2n) is 6.39. The largest absolute Gasteiger partial charge is 0.282 e. The van der Waals surface area contributed by atoms with Crippen LogP contribution in [0.3, 0.4) is 0 Å². The molecule has 0 bridgehead atoms. The summed E-state index contributed by atoms with van der Waals surface area (Å²) < 4.78 is 0. The van der Waals surface area contributed by atoms with Crippen LogP contribution in [0.5, 0.6) is 0 Å². The number of carbonyl (C=O) groups excluding carboxylic acids is 2. The Labute approximate surface area is 140 Å². The SMILES string of the molecule is CC(C)CN(CN1C(=O)c2cc(Cl)c(Cl)cc2C1=O)C1CC1. The first-order valence-electron chi connectivity index (χ1n) is 7.47. The van der Waals surface area contributed by atoms with Crippen molar-refractivity contribution in [3.8, 4) is 0 Å². The second-order valence-corrected chi connectivity index (χ2v) is 7.20. The number of carbonyl (C=O) groups is 2. The van der Waals surface area contributed by atoms with E-state index in [1.165, 1.54) is 17.0 Å². The molecule has 0 unspecified atom stereocenters. The van der Waals surface area contributed by atoms with E-state index in [1.807, 2.05) is 0 Å². The lowest BCUT2D eigenvalue weighted by atomic mass is 10.1. The molecule has 118 valence electrons. The van der Waals surface area contributed by atoms with E-state index in [-0.39, 0.29) is 11.8 Å². The number of fused-ring (bicyclic) bond motifs is 1. The highest BCUT2D eigenvalue weighted by molar-refractivity contribution is 6.43. The molecule has 1 saturated carbocycles. The summed E-state index contributed by atoms with van der Waals surface area (Å²) in [4.78, 5) is 28.5. The van der Waals surface area contributed by atoms with Crippen molar-refractivity contribution in [2.24, 2.45) is 5.92 Å². The van der Waals surface area contributed by atoms with Crippen LogP contribution in [-0.4, -0.2) is 40.9 Å². The average molecular weight is 341 g/mol. The maximum Gasteiger partial charge on any atom is 0.262 e. The van der Waals surface area contributed by atoms with Gasteiger partial charge in [0.15, 0.2) is 0 Å². The smallest absolute Gasteiger partial charge is 0.262 e. The predicted octanol–water partition coefficient (Wildman–Crippen LogP) is 3.67. The van der Waals surface area contributed by atoms with Gasteiger partial charge in [0.1, 0.15) is 0 Å². The molecule has 22 heavy (non-hydrogen) atoms. The van der Waals surface area contributed by atoms with Crippen LogP contribution in [0.4, 0.5) is 0 Å². The quantitative estimate of drug-likeness (QED) is 0.768. The van der Waals surface area contributed by atoms with Gasteiger partial charge in [-0.15, -0.1) is 0 Å². The number of hydrogen-bond acceptors (Lipinski definition) is 3. The monoisotopic (exact) mass is 340 g/mol. The fourth-order valence-corrected chi connectivity index (χ4v) is 3.15. The predicted molar refractivity (Wildman–Crippen MR) is 86.4 cm³/mol. The van der Waals surface area contributed by atoms with E-state index in [2.05, 4.69) is 18.7 Å². The van der Waals surface area contributed by atoms with Gasteiger partial charge >= 0.3 is 0 Å². The molecule has 1 aliphatic carbocycles. The highest BCUT2D eigenvalue weighted by Crippen LogP contribution is 2.33. The number of imide groups is 1. The molecule has 0 radical (unpaired) electrons.